The highest BCUT2D eigenvalue weighted by molar-refractivity contribution is 5.73. The highest BCUT2D eigenvalue weighted by atomic mass is 16.5. The van der Waals surface area contributed by atoms with Gasteiger partial charge in [0, 0.05) is 6.42 Å². The van der Waals surface area contributed by atoms with E-state index in [0.717, 1.165) is 24.0 Å². The highest BCUT2D eigenvalue weighted by Crippen LogP contribution is 2.09. The van der Waals surface area contributed by atoms with Crippen LogP contribution in [0.2, 0.25) is 0 Å². The summed E-state index contributed by atoms with van der Waals surface area (Å²) in [5, 5.41) is 0. The molecule has 0 bridgehead atoms. The summed E-state index contributed by atoms with van der Waals surface area (Å²) in [5.41, 5.74) is 7.10. The molecule has 4 nitrogen and oxygen atoms in total. The number of aryl methyl sites for hydroxylation is 1. The molecule has 0 saturated heterocycles. The van der Waals surface area contributed by atoms with Crippen molar-refractivity contribution in [2.45, 2.75) is 25.7 Å². The summed E-state index contributed by atoms with van der Waals surface area (Å²) in [4.78, 5) is 21.7. The largest absolute Gasteiger partial charge is 0.469 e. The van der Waals surface area contributed by atoms with Crippen LogP contribution in [-0.2, 0) is 27.2 Å². The Morgan fingerprint density at radius 1 is 1.29 bits per heavy atom. The van der Waals surface area contributed by atoms with Crippen molar-refractivity contribution < 1.29 is 14.3 Å². The maximum Gasteiger partial charge on any atom is 0.309 e. The standard InChI is InChI=1S/C13H17NO3/c1-17-13(16)9-11-6-2-4-10(8-11)5-3-7-12(14)15/h2,4,6,8H,3,5,7,9H2,1H3,(H2,14,15). The van der Waals surface area contributed by atoms with E-state index < -0.39 is 0 Å². The van der Waals surface area contributed by atoms with Crippen LogP contribution < -0.4 is 5.73 Å². The van der Waals surface area contributed by atoms with E-state index in [1.165, 1.54) is 7.11 Å². The van der Waals surface area contributed by atoms with Crippen LogP contribution in [0.4, 0.5) is 0 Å². The molecule has 0 fully saturated rings. The Morgan fingerprint density at radius 2 is 2.00 bits per heavy atom. The summed E-state index contributed by atoms with van der Waals surface area (Å²) in [6, 6.07) is 7.71. The Labute approximate surface area is 101 Å². The molecule has 4 heteroatoms. The van der Waals surface area contributed by atoms with Crippen LogP contribution in [0.3, 0.4) is 0 Å². The molecule has 0 aliphatic rings. The van der Waals surface area contributed by atoms with E-state index in [-0.39, 0.29) is 18.3 Å². The number of esters is 1. The van der Waals surface area contributed by atoms with Crippen molar-refractivity contribution >= 4 is 11.9 Å². The maximum absolute atomic E-state index is 11.1. The summed E-state index contributed by atoms with van der Waals surface area (Å²) in [6.07, 6.45) is 2.19. The average Bonchev–Trinajstić information content (AvgIpc) is 2.29. The van der Waals surface area contributed by atoms with E-state index in [1.807, 2.05) is 24.3 Å². The minimum Gasteiger partial charge on any atom is -0.469 e. The van der Waals surface area contributed by atoms with Crippen molar-refractivity contribution in [3.05, 3.63) is 35.4 Å². The fourth-order valence-electron chi connectivity index (χ4n) is 1.60. The van der Waals surface area contributed by atoms with Gasteiger partial charge in [0.25, 0.3) is 0 Å². The molecule has 1 rings (SSSR count). The first kappa shape index (κ1) is 13.2. The Balaban J connectivity index is 2.53. The molecule has 0 atom stereocenters. The van der Waals surface area contributed by atoms with Gasteiger partial charge in [-0.2, -0.15) is 0 Å². The molecule has 92 valence electrons. The van der Waals surface area contributed by atoms with Crippen LogP contribution in [0.5, 0.6) is 0 Å². The monoisotopic (exact) mass is 235 g/mol. The zero-order chi connectivity index (χ0) is 12.7. The summed E-state index contributed by atoms with van der Waals surface area (Å²) < 4.78 is 4.61. The van der Waals surface area contributed by atoms with Crippen LogP contribution in [0.15, 0.2) is 24.3 Å². The lowest BCUT2D eigenvalue weighted by molar-refractivity contribution is -0.139. The number of carbonyl (C=O) groups is 2. The lowest BCUT2D eigenvalue weighted by atomic mass is 10.0. The van der Waals surface area contributed by atoms with Gasteiger partial charge < -0.3 is 10.5 Å². The molecule has 1 aromatic carbocycles. The SMILES string of the molecule is COC(=O)Cc1cccc(CCCC(N)=O)c1. The number of amides is 1. The van der Waals surface area contributed by atoms with Gasteiger partial charge in [-0.05, 0) is 24.0 Å². The summed E-state index contributed by atoms with van der Waals surface area (Å²) >= 11 is 0. The molecular weight excluding hydrogens is 218 g/mol. The van der Waals surface area contributed by atoms with Crippen molar-refractivity contribution in [3.8, 4) is 0 Å². The number of benzene rings is 1. The van der Waals surface area contributed by atoms with Gasteiger partial charge in [0.1, 0.15) is 0 Å². The van der Waals surface area contributed by atoms with Crippen molar-refractivity contribution in [1.29, 1.82) is 0 Å². The van der Waals surface area contributed by atoms with Gasteiger partial charge in [-0.25, -0.2) is 0 Å². The van der Waals surface area contributed by atoms with E-state index in [4.69, 9.17) is 5.73 Å². The molecule has 1 amide bonds. The average molecular weight is 235 g/mol. The number of rotatable bonds is 6. The van der Waals surface area contributed by atoms with Crippen LogP contribution in [0.25, 0.3) is 0 Å². The van der Waals surface area contributed by atoms with Crippen molar-refractivity contribution in [2.75, 3.05) is 7.11 Å². The Hall–Kier alpha value is -1.84. The van der Waals surface area contributed by atoms with E-state index in [2.05, 4.69) is 4.74 Å². The number of hydrogen-bond acceptors (Lipinski definition) is 3. The summed E-state index contributed by atoms with van der Waals surface area (Å²) in [6.45, 7) is 0. The zero-order valence-corrected chi connectivity index (χ0v) is 9.94. The predicted octanol–water partition coefficient (Wildman–Crippen LogP) is 1.21. The Kier molecular flexibility index (Phi) is 5.20. The molecular formula is C13H17NO3. The smallest absolute Gasteiger partial charge is 0.309 e. The van der Waals surface area contributed by atoms with Crippen LogP contribution in [-0.4, -0.2) is 19.0 Å². The number of primary amides is 1. The zero-order valence-electron chi connectivity index (χ0n) is 9.94. The first-order chi connectivity index (χ1) is 8.11. The van der Waals surface area contributed by atoms with Crippen molar-refractivity contribution in [3.63, 3.8) is 0 Å². The quantitative estimate of drug-likeness (QED) is 0.753. The van der Waals surface area contributed by atoms with Crippen LogP contribution in [0, 0.1) is 0 Å². The third-order valence-corrected chi connectivity index (χ3v) is 2.46. The minimum atomic E-state index is -0.282. The fourth-order valence-corrected chi connectivity index (χ4v) is 1.60. The fraction of sp³-hybridized carbons (Fsp3) is 0.385. The van der Waals surface area contributed by atoms with Crippen molar-refractivity contribution in [2.24, 2.45) is 5.73 Å². The van der Waals surface area contributed by atoms with E-state index in [0.29, 0.717) is 6.42 Å². The van der Waals surface area contributed by atoms with Crippen molar-refractivity contribution in [1.82, 2.24) is 0 Å². The number of hydrogen-bond donors (Lipinski definition) is 1. The van der Waals surface area contributed by atoms with Gasteiger partial charge >= 0.3 is 5.97 Å². The van der Waals surface area contributed by atoms with Crippen LogP contribution >= 0.6 is 0 Å². The third-order valence-electron chi connectivity index (χ3n) is 2.46. The number of nitrogens with two attached hydrogens (primary N) is 1. The second-order valence-electron chi connectivity index (χ2n) is 3.89. The van der Waals surface area contributed by atoms with Gasteiger partial charge in [0.05, 0.1) is 13.5 Å². The highest BCUT2D eigenvalue weighted by Gasteiger charge is 2.03. The Bertz CT molecular complexity index is 401. The molecule has 0 aromatic heterocycles. The van der Waals surface area contributed by atoms with Crippen LogP contribution in [0.1, 0.15) is 24.0 Å². The van der Waals surface area contributed by atoms with E-state index >= 15 is 0 Å². The Morgan fingerprint density at radius 3 is 2.65 bits per heavy atom. The molecule has 0 spiro atoms. The molecule has 0 heterocycles. The normalized spacial score (nSPS) is 9.94. The van der Waals surface area contributed by atoms with Gasteiger partial charge in [-0.15, -0.1) is 0 Å². The molecule has 1 aromatic rings. The van der Waals surface area contributed by atoms with Gasteiger partial charge in [0.2, 0.25) is 5.91 Å². The number of ether oxygens (including phenoxy) is 1. The molecule has 0 radical (unpaired) electrons. The third kappa shape index (κ3) is 5.15. The number of carbonyl (C=O) groups excluding carboxylic acids is 2. The molecule has 0 unspecified atom stereocenters. The first-order valence-electron chi connectivity index (χ1n) is 5.54. The van der Waals surface area contributed by atoms with Gasteiger partial charge in [-0.1, -0.05) is 24.3 Å². The number of methoxy groups -OCH3 is 1. The molecule has 17 heavy (non-hydrogen) atoms. The van der Waals surface area contributed by atoms with E-state index in [9.17, 15) is 9.59 Å². The molecule has 0 aliphatic carbocycles. The first-order valence-corrected chi connectivity index (χ1v) is 5.54. The molecule has 0 aliphatic heterocycles. The second-order valence-corrected chi connectivity index (χ2v) is 3.89. The molecule has 2 N–H and O–H groups in total. The lowest BCUT2D eigenvalue weighted by Crippen LogP contribution is -2.10. The summed E-state index contributed by atoms with van der Waals surface area (Å²) in [5.74, 6) is -0.532. The summed E-state index contributed by atoms with van der Waals surface area (Å²) in [7, 11) is 1.37. The molecule has 0 saturated carbocycles. The van der Waals surface area contributed by atoms with Gasteiger partial charge in [0.15, 0.2) is 0 Å². The maximum atomic E-state index is 11.1. The lowest BCUT2D eigenvalue weighted by Gasteiger charge is -2.04. The van der Waals surface area contributed by atoms with Gasteiger partial charge in [-0.3, -0.25) is 9.59 Å². The predicted molar refractivity (Wildman–Crippen MR) is 64.3 cm³/mol. The minimum absolute atomic E-state index is 0.251. The second kappa shape index (κ2) is 6.68. The topological polar surface area (TPSA) is 69.4 Å². The van der Waals surface area contributed by atoms with E-state index in [1.54, 1.807) is 0 Å².